The van der Waals surface area contributed by atoms with Crippen molar-refractivity contribution >= 4 is 33.5 Å². The van der Waals surface area contributed by atoms with Crippen LogP contribution in [0.1, 0.15) is 12.8 Å². The zero-order valence-corrected chi connectivity index (χ0v) is 16.7. The molecule has 11 heteroatoms. The summed E-state index contributed by atoms with van der Waals surface area (Å²) in [7, 11) is -2.21. The van der Waals surface area contributed by atoms with Crippen LogP contribution in [0.3, 0.4) is 0 Å². The van der Waals surface area contributed by atoms with E-state index in [2.05, 4.69) is 20.8 Å². The molecule has 9 nitrogen and oxygen atoms in total. The smallest absolute Gasteiger partial charge is 0.245 e. The molecule has 1 fully saturated rings. The first-order valence-electron chi connectivity index (χ1n) is 8.59. The van der Waals surface area contributed by atoms with E-state index < -0.39 is 15.9 Å². The minimum atomic E-state index is -3.69. The molecule has 0 radical (unpaired) electrons. The van der Waals surface area contributed by atoms with E-state index in [0.29, 0.717) is 30.3 Å². The summed E-state index contributed by atoms with van der Waals surface area (Å²) in [5.41, 5.74) is 5.15. The number of amides is 1. The Morgan fingerprint density at radius 1 is 1.29 bits per heavy atom. The topological polar surface area (TPSA) is 114 Å². The first-order valence-corrected chi connectivity index (χ1v) is 10.4. The van der Waals surface area contributed by atoms with E-state index in [9.17, 15) is 13.2 Å². The van der Waals surface area contributed by atoms with Gasteiger partial charge in [0.2, 0.25) is 27.8 Å². The quantitative estimate of drug-likeness (QED) is 0.677. The average molecular weight is 426 g/mol. The van der Waals surface area contributed by atoms with Crippen molar-refractivity contribution in [2.24, 2.45) is 5.92 Å². The van der Waals surface area contributed by atoms with Crippen LogP contribution >= 0.6 is 11.6 Å². The van der Waals surface area contributed by atoms with E-state index in [-0.39, 0.29) is 23.3 Å². The Kier molecular flexibility index (Phi) is 6.32. The molecule has 1 aliphatic rings. The molecule has 28 heavy (non-hydrogen) atoms. The second-order valence-electron chi connectivity index (χ2n) is 6.19. The van der Waals surface area contributed by atoms with Crippen molar-refractivity contribution in [3.05, 3.63) is 41.6 Å². The van der Waals surface area contributed by atoms with Crippen molar-refractivity contribution in [3.63, 3.8) is 0 Å². The third-order valence-corrected chi connectivity index (χ3v) is 6.47. The van der Waals surface area contributed by atoms with Gasteiger partial charge in [-0.25, -0.2) is 13.4 Å². The summed E-state index contributed by atoms with van der Waals surface area (Å²) in [4.78, 5) is 20.6. The van der Waals surface area contributed by atoms with Gasteiger partial charge in [-0.3, -0.25) is 15.6 Å². The van der Waals surface area contributed by atoms with E-state index >= 15 is 0 Å². The molecule has 0 spiro atoms. The Balaban J connectivity index is 1.63. The second-order valence-corrected chi connectivity index (χ2v) is 8.57. The van der Waals surface area contributed by atoms with Crippen LogP contribution in [-0.4, -0.2) is 48.8 Å². The highest BCUT2D eigenvalue weighted by molar-refractivity contribution is 7.89. The van der Waals surface area contributed by atoms with Crippen LogP contribution in [0, 0.1) is 5.92 Å². The molecule has 150 valence electrons. The largest absolute Gasteiger partial charge is 0.481 e. The predicted octanol–water partition coefficient (Wildman–Crippen LogP) is 1.68. The highest BCUT2D eigenvalue weighted by Crippen LogP contribution is 2.24. The first-order chi connectivity index (χ1) is 13.4. The Bertz CT molecular complexity index is 939. The van der Waals surface area contributed by atoms with Crippen molar-refractivity contribution in [2.45, 2.75) is 17.7 Å². The Hall–Kier alpha value is -2.43. The number of sulfonamides is 1. The lowest BCUT2D eigenvalue weighted by molar-refractivity contribution is -0.125. The maximum atomic E-state index is 12.8. The van der Waals surface area contributed by atoms with Crippen LogP contribution in [0.15, 0.2) is 41.4 Å². The monoisotopic (exact) mass is 425 g/mol. The number of benzene rings is 1. The van der Waals surface area contributed by atoms with Gasteiger partial charge in [-0.2, -0.15) is 9.29 Å². The molecule has 0 aliphatic carbocycles. The van der Waals surface area contributed by atoms with Crippen molar-refractivity contribution in [1.82, 2.24) is 19.7 Å². The van der Waals surface area contributed by atoms with Gasteiger partial charge in [-0.1, -0.05) is 11.6 Å². The van der Waals surface area contributed by atoms with E-state index in [1.165, 1.54) is 41.9 Å². The standard InChI is InChI=1S/C17H20ClN5O4S/c1-27-15-8-9-19-17(20-15)22-21-16(24)12-3-2-10-23(11-12)28(25,26)14-6-4-13(18)5-7-14/h4-9,12H,2-3,10-11H2,1H3,(H,21,24)(H,19,20,22). The van der Waals surface area contributed by atoms with Gasteiger partial charge in [0.15, 0.2) is 0 Å². The molecule has 2 aromatic rings. The van der Waals surface area contributed by atoms with Crippen LogP contribution in [0.2, 0.25) is 5.02 Å². The fraction of sp³-hybridized carbons (Fsp3) is 0.353. The zero-order valence-electron chi connectivity index (χ0n) is 15.1. The molecule has 1 saturated heterocycles. The van der Waals surface area contributed by atoms with Crippen LogP contribution in [0.5, 0.6) is 5.88 Å². The molecule has 0 saturated carbocycles. The molecule has 1 aliphatic heterocycles. The van der Waals surface area contributed by atoms with E-state index in [4.69, 9.17) is 16.3 Å². The van der Waals surface area contributed by atoms with Gasteiger partial charge in [0.05, 0.1) is 17.9 Å². The number of halogens is 1. The number of nitrogens with one attached hydrogen (secondary N) is 2. The summed E-state index contributed by atoms with van der Waals surface area (Å²) in [5.74, 6) is -0.296. The van der Waals surface area contributed by atoms with Gasteiger partial charge in [-0.15, -0.1) is 0 Å². The van der Waals surface area contributed by atoms with Gasteiger partial charge in [0, 0.05) is 30.4 Å². The molecule has 3 rings (SSSR count). The molecule has 2 N–H and O–H groups in total. The highest BCUT2D eigenvalue weighted by Gasteiger charge is 2.33. The lowest BCUT2D eigenvalue weighted by Gasteiger charge is -2.31. The van der Waals surface area contributed by atoms with Crippen molar-refractivity contribution in [1.29, 1.82) is 0 Å². The summed E-state index contributed by atoms with van der Waals surface area (Å²) in [6.45, 7) is 0.457. The molecule has 1 aromatic heterocycles. The van der Waals surface area contributed by atoms with Crippen molar-refractivity contribution in [2.75, 3.05) is 25.6 Å². The second kappa shape index (κ2) is 8.72. The fourth-order valence-corrected chi connectivity index (χ4v) is 4.52. The number of methoxy groups -OCH3 is 1. The Morgan fingerprint density at radius 2 is 2.04 bits per heavy atom. The number of hydrogen-bond donors (Lipinski definition) is 2. The molecular weight excluding hydrogens is 406 g/mol. The van der Waals surface area contributed by atoms with Crippen molar-refractivity contribution in [3.8, 4) is 5.88 Å². The third-order valence-electron chi connectivity index (χ3n) is 4.34. The molecule has 1 amide bonds. The van der Waals surface area contributed by atoms with Crippen LogP contribution in [0.25, 0.3) is 0 Å². The van der Waals surface area contributed by atoms with E-state index in [1.54, 1.807) is 6.07 Å². The summed E-state index contributed by atoms with van der Waals surface area (Å²) >= 11 is 5.83. The van der Waals surface area contributed by atoms with E-state index in [0.717, 1.165) is 0 Å². The molecule has 2 heterocycles. The van der Waals surface area contributed by atoms with E-state index in [1.807, 2.05) is 0 Å². The van der Waals surface area contributed by atoms with Gasteiger partial charge in [0.1, 0.15) is 0 Å². The van der Waals surface area contributed by atoms with Gasteiger partial charge >= 0.3 is 0 Å². The van der Waals surface area contributed by atoms with Gasteiger partial charge in [-0.05, 0) is 37.1 Å². The predicted molar refractivity (Wildman–Crippen MR) is 103 cm³/mol. The maximum Gasteiger partial charge on any atom is 0.245 e. The number of anilines is 1. The SMILES string of the molecule is COc1ccnc(NNC(=O)C2CCCN(S(=O)(=O)c3ccc(Cl)cc3)C2)n1. The van der Waals surface area contributed by atoms with Crippen molar-refractivity contribution < 1.29 is 17.9 Å². The first kappa shape index (κ1) is 20.3. The minimum Gasteiger partial charge on any atom is -0.481 e. The molecule has 1 aromatic carbocycles. The van der Waals surface area contributed by atoms with Crippen LogP contribution in [0.4, 0.5) is 5.95 Å². The summed E-state index contributed by atoms with van der Waals surface area (Å²) < 4.78 is 32.0. The highest BCUT2D eigenvalue weighted by atomic mass is 35.5. The summed E-state index contributed by atoms with van der Waals surface area (Å²) in [6.07, 6.45) is 2.65. The molecule has 1 unspecified atom stereocenters. The maximum absolute atomic E-state index is 12.8. The normalized spacial score (nSPS) is 17.7. The summed E-state index contributed by atoms with van der Waals surface area (Å²) in [6, 6.07) is 7.56. The molecule has 1 atom stereocenters. The average Bonchev–Trinajstić information content (AvgIpc) is 2.72. The molecule has 0 bridgehead atoms. The minimum absolute atomic E-state index is 0.0947. The summed E-state index contributed by atoms with van der Waals surface area (Å²) in [5, 5.41) is 0.459. The Labute approximate surface area is 168 Å². The number of ether oxygens (including phenoxy) is 1. The number of nitrogens with zero attached hydrogens (tertiary/aromatic N) is 3. The van der Waals surface area contributed by atoms with Crippen LogP contribution < -0.4 is 15.6 Å². The molecular formula is C17H20ClN5O4S. The lowest BCUT2D eigenvalue weighted by Crippen LogP contribution is -2.46. The lowest BCUT2D eigenvalue weighted by atomic mass is 9.99. The fourth-order valence-electron chi connectivity index (χ4n) is 2.87. The van der Waals surface area contributed by atoms with Gasteiger partial charge in [0.25, 0.3) is 0 Å². The number of rotatable bonds is 6. The van der Waals surface area contributed by atoms with Gasteiger partial charge < -0.3 is 4.74 Å². The number of hydrogen-bond acceptors (Lipinski definition) is 7. The number of piperidine rings is 1. The number of aromatic nitrogens is 2. The number of carbonyl (C=O) groups is 1. The Morgan fingerprint density at radius 3 is 2.75 bits per heavy atom. The third kappa shape index (κ3) is 4.70. The number of hydrazine groups is 1. The number of carbonyl (C=O) groups excluding carboxylic acids is 1. The zero-order chi connectivity index (χ0) is 20.1. The van der Waals surface area contributed by atoms with Crippen LogP contribution in [-0.2, 0) is 14.8 Å².